The minimum absolute atomic E-state index is 0.456. The van der Waals surface area contributed by atoms with Crippen molar-refractivity contribution in [3.05, 3.63) is 64.7 Å². The molecule has 0 saturated heterocycles. The molecule has 0 aliphatic carbocycles. The second-order valence-corrected chi connectivity index (χ2v) is 5.88. The zero-order valence-corrected chi connectivity index (χ0v) is 14.6. The van der Waals surface area contributed by atoms with Crippen LogP contribution in [0.5, 0.6) is 5.75 Å². The van der Waals surface area contributed by atoms with Crippen LogP contribution in [-0.4, -0.2) is 38.0 Å². The largest absolute Gasteiger partial charge is 0.489 e. The second kappa shape index (κ2) is 10.3. The van der Waals surface area contributed by atoms with Gasteiger partial charge in [0.15, 0.2) is 0 Å². The Morgan fingerprint density at radius 1 is 1.04 bits per heavy atom. The third-order valence-corrected chi connectivity index (χ3v) is 3.88. The third-order valence-electron chi connectivity index (χ3n) is 3.58. The van der Waals surface area contributed by atoms with Crippen LogP contribution >= 0.6 is 11.6 Å². The lowest BCUT2D eigenvalue weighted by Crippen LogP contribution is -2.25. The molecule has 0 spiro atoms. The molecule has 0 radical (unpaired) electrons. The first-order valence-corrected chi connectivity index (χ1v) is 8.45. The van der Waals surface area contributed by atoms with Crippen molar-refractivity contribution < 1.29 is 14.6 Å². The number of hydrogen-bond acceptors (Lipinski definition) is 4. The summed E-state index contributed by atoms with van der Waals surface area (Å²) in [7, 11) is 0. The second-order valence-electron chi connectivity index (χ2n) is 5.48. The molecule has 0 saturated carbocycles. The van der Waals surface area contributed by atoms with E-state index in [2.05, 4.69) is 5.32 Å². The van der Waals surface area contributed by atoms with Gasteiger partial charge in [-0.05, 0) is 24.1 Å². The fourth-order valence-electron chi connectivity index (χ4n) is 2.28. The molecule has 0 heterocycles. The first-order valence-electron chi connectivity index (χ1n) is 8.08. The van der Waals surface area contributed by atoms with Gasteiger partial charge in [0, 0.05) is 13.1 Å². The predicted octanol–water partition coefficient (Wildman–Crippen LogP) is 3.37. The first kappa shape index (κ1) is 18.7. The van der Waals surface area contributed by atoms with Gasteiger partial charge in [-0.15, -0.1) is 0 Å². The molecule has 2 aromatic carbocycles. The Hall–Kier alpha value is -1.59. The van der Waals surface area contributed by atoms with Gasteiger partial charge in [0.1, 0.15) is 12.4 Å². The molecule has 1 unspecified atom stereocenters. The number of aliphatic hydroxyl groups excluding tert-OH is 1. The minimum atomic E-state index is -0.502. The van der Waals surface area contributed by atoms with E-state index in [9.17, 15) is 5.11 Å². The maximum Gasteiger partial charge on any atom is 0.140 e. The van der Waals surface area contributed by atoms with Crippen molar-refractivity contribution in [2.24, 2.45) is 0 Å². The maximum absolute atomic E-state index is 10.0. The molecule has 4 nitrogen and oxygen atoms in total. The van der Waals surface area contributed by atoms with E-state index in [0.717, 1.165) is 11.1 Å². The Morgan fingerprint density at radius 3 is 2.58 bits per heavy atom. The van der Waals surface area contributed by atoms with Crippen LogP contribution in [0.25, 0.3) is 0 Å². The molecule has 2 aromatic rings. The van der Waals surface area contributed by atoms with Crippen molar-refractivity contribution in [3.63, 3.8) is 0 Å². The average Bonchev–Trinajstić information content (AvgIpc) is 2.60. The van der Waals surface area contributed by atoms with Crippen molar-refractivity contribution in [2.45, 2.75) is 13.0 Å². The molecule has 24 heavy (non-hydrogen) atoms. The highest BCUT2D eigenvalue weighted by molar-refractivity contribution is 6.32. The molecule has 0 amide bonds. The number of ether oxygens (including phenoxy) is 2. The van der Waals surface area contributed by atoms with E-state index in [1.165, 1.54) is 0 Å². The summed E-state index contributed by atoms with van der Waals surface area (Å²) in [5, 5.41) is 13.8. The van der Waals surface area contributed by atoms with Gasteiger partial charge in [-0.1, -0.05) is 54.1 Å². The summed E-state index contributed by atoms with van der Waals surface area (Å²) in [6, 6.07) is 15.3. The van der Waals surface area contributed by atoms with Gasteiger partial charge in [0.25, 0.3) is 0 Å². The van der Waals surface area contributed by atoms with E-state index >= 15 is 0 Å². The van der Waals surface area contributed by atoms with Crippen molar-refractivity contribution >= 4 is 11.6 Å². The van der Waals surface area contributed by atoms with E-state index in [1.54, 1.807) is 0 Å². The van der Waals surface area contributed by atoms with Crippen molar-refractivity contribution in [1.29, 1.82) is 0 Å². The van der Waals surface area contributed by atoms with Crippen LogP contribution in [-0.2, 0) is 4.74 Å². The van der Waals surface area contributed by atoms with Crippen LogP contribution in [0.1, 0.15) is 17.2 Å². The minimum Gasteiger partial charge on any atom is -0.489 e. The highest BCUT2D eigenvalue weighted by Crippen LogP contribution is 2.27. The third kappa shape index (κ3) is 6.13. The summed E-state index contributed by atoms with van der Waals surface area (Å²) in [6.07, 6.45) is -0.502. The number of nitrogens with one attached hydrogen (secondary N) is 1. The highest BCUT2D eigenvalue weighted by Gasteiger charge is 2.06. The van der Waals surface area contributed by atoms with Crippen LogP contribution in [0, 0.1) is 6.92 Å². The van der Waals surface area contributed by atoms with Crippen molar-refractivity contribution in [3.8, 4) is 5.75 Å². The number of aliphatic hydroxyl groups is 1. The van der Waals surface area contributed by atoms with Crippen LogP contribution in [0.4, 0.5) is 0 Å². The lowest BCUT2D eigenvalue weighted by Gasteiger charge is -2.13. The van der Waals surface area contributed by atoms with E-state index in [-0.39, 0.29) is 0 Å². The van der Waals surface area contributed by atoms with Crippen LogP contribution in [0.2, 0.25) is 5.02 Å². The molecule has 5 heteroatoms. The molecule has 0 bridgehead atoms. The van der Waals surface area contributed by atoms with Crippen molar-refractivity contribution in [1.82, 2.24) is 5.32 Å². The Bertz CT molecular complexity index is 587. The Balaban J connectivity index is 1.53. The summed E-state index contributed by atoms with van der Waals surface area (Å²) < 4.78 is 11.2. The number of hydrogen-bond donors (Lipinski definition) is 2. The quantitative estimate of drug-likeness (QED) is 0.646. The molecule has 0 aliphatic heterocycles. The van der Waals surface area contributed by atoms with E-state index in [1.807, 2.05) is 55.5 Å². The molecule has 2 rings (SSSR count). The lowest BCUT2D eigenvalue weighted by molar-refractivity contribution is 0.0981. The summed E-state index contributed by atoms with van der Waals surface area (Å²) in [5.41, 5.74) is 1.92. The highest BCUT2D eigenvalue weighted by atomic mass is 35.5. The molecule has 0 aliphatic rings. The van der Waals surface area contributed by atoms with Gasteiger partial charge in [-0.2, -0.15) is 0 Å². The maximum atomic E-state index is 10.0. The topological polar surface area (TPSA) is 50.7 Å². The first-order chi connectivity index (χ1) is 11.7. The average molecular weight is 350 g/mol. The molecular formula is C19H24ClNO3. The van der Waals surface area contributed by atoms with Gasteiger partial charge >= 0.3 is 0 Å². The molecule has 1 atom stereocenters. The smallest absolute Gasteiger partial charge is 0.140 e. The zero-order chi connectivity index (χ0) is 17.2. The number of benzene rings is 2. The Labute approximate surface area is 148 Å². The monoisotopic (exact) mass is 349 g/mol. The number of halogens is 1. The molecule has 2 N–H and O–H groups in total. The van der Waals surface area contributed by atoms with E-state index < -0.39 is 6.10 Å². The Kier molecular flexibility index (Phi) is 8.05. The van der Waals surface area contributed by atoms with Gasteiger partial charge < -0.3 is 19.9 Å². The molecule has 130 valence electrons. The van der Waals surface area contributed by atoms with Crippen LogP contribution < -0.4 is 10.1 Å². The number of rotatable bonds is 10. The number of aryl methyl sites for hydroxylation is 1. The summed E-state index contributed by atoms with van der Waals surface area (Å²) in [6.45, 7) is 4.65. The summed E-state index contributed by atoms with van der Waals surface area (Å²) >= 11 is 6.09. The van der Waals surface area contributed by atoms with E-state index in [4.69, 9.17) is 21.1 Å². The van der Waals surface area contributed by atoms with Crippen LogP contribution in [0.3, 0.4) is 0 Å². The zero-order valence-electron chi connectivity index (χ0n) is 13.9. The van der Waals surface area contributed by atoms with E-state index in [0.29, 0.717) is 43.7 Å². The van der Waals surface area contributed by atoms with Crippen LogP contribution in [0.15, 0.2) is 48.5 Å². The van der Waals surface area contributed by atoms with Gasteiger partial charge in [-0.3, -0.25) is 0 Å². The molecule has 0 fully saturated rings. The molecular weight excluding hydrogens is 326 g/mol. The Morgan fingerprint density at radius 2 is 1.83 bits per heavy atom. The lowest BCUT2D eigenvalue weighted by atomic mass is 10.1. The van der Waals surface area contributed by atoms with Gasteiger partial charge in [0.2, 0.25) is 0 Å². The SMILES string of the molecule is Cc1cccc(Cl)c1OCCOCCNCC(O)c1ccccc1. The van der Waals surface area contributed by atoms with Gasteiger partial charge in [0.05, 0.1) is 24.3 Å². The normalized spacial score (nSPS) is 12.1. The predicted molar refractivity (Wildman–Crippen MR) is 96.8 cm³/mol. The molecule has 0 aromatic heterocycles. The summed E-state index contributed by atoms with van der Waals surface area (Å²) in [5.74, 6) is 0.715. The number of para-hydroxylation sites is 1. The summed E-state index contributed by atoms with van der Waals surface area (Å²) in [4.78, 5) is 0. The van der Waals surface area contributed by atoms with Crippen molar-refractivity contribution in [2.75, 3.05) is 32.9 Å². The standard InChI is InChI=1S/C19H24ClNO3/c1-15-6-5-9-17(20)19(15)24-13-12-23-11-10-21-14-18(22)16-7-3-2-4-8-16/h2-9,18,21-22H,10-14H2,1H3. The fourth-order valence-corrected chi connectivity index (χ4v) is 2.56. The fraction of sp³-hybridized carbons (Fsp3) is 0.368. The van der Waals surface area contributed by atoms with Gasteiger partial charge in [-0.25, -0.2) is 0 Å².